The van der Waals surface area contributed by atoms with Gasteiger partial charge in [-0.1, -0.05) is 0 Å². The highest BCUT2D eigenvalue weighted by atomic mass is 32.2. The van der Waals surface area contributed by atoms with Crippen LogP contribution in [0, 0.1) is 0 Å². The van der Waals surface area contributed by atoms with Crippen LogP contribution in [0.4, 0.5) is 5.69 Å². The van der Waals surface area contributed by atoms with E-state index in [0.717, 1.165) is 24.5 Å². The summed E-state index contributed by atoms with van der Waals surface area (Å²) in [6.07, 6.45) is 0. The molecule has 0 saturated carbocycles. The number of hydrogen-bond donors (Lipinski definition) is 1. The second-order valence-electron chi connectivity index (χ2n) is 4.51. The number of ether oxygens (including phenoxy) is 1. The van der Waals surface area contributed by atoms with Crippen LogP contribution in [0.25, 0.3) is 0 Å². The number of thioether (sulfide) groups is 1. The van der Waals surface area contributed by atoms with Gasteiger partial charge < -0.3 is 10.5 Å². The molecule has 0 spiro atoms. The Morgan fingerprint density at radius 3 is 3.00 bits per heavy atom. The molecule has 1 aromatic rings. The third-order valence-electron chi connectivity index (χ3n) is 3.12. The SMILES string of the molecule is COc1cc(N)cc(CN2CCSCC2C)c1. The van der Waals surface area contributed by atoms with Gasteiger partial charge in [0.2, 0.25) is 0 Å². The molecule has 0 amide bonds. The Hall–Kier alpha value is -0.870. The zero-order valence-corrected chi connectivity index (χ0v) is 11.3. The van der Waals surface area contributed by atoms with Crippen LogP contribution in [-0.4, -0.2) is 36.1 Å². The van der Waals surface area contributed by atoms with E-state index >= 15 is 0 Å². The summed E-state index contributed by atoms with van der Waals surface area (Å²) in [6.45, 7) is 4.40. The van der Waals surface area contributed by atoms with E-state index < -0.39 is 0 Å². The zero-order chi connectivity index (χ0) is 12.3. The monoisotopic (exact) mass is 252 g/mol. The molecule has 17 heavy (non-hydrogen) atoms. The minimum atomic E-state index is 0.640. The summed E-state index contributed by atoms with van der Waals surface area (Å²) in [5.74, 6) is 3.29. The molecule has 1 aliphatic heterocycles. The molecule has 1 saturated heterocycles. The Labute approximate surface area is 107 Å². The highest BCUT2D eigenvalue weighted by Crippen LogP contribution is 2.23. The van der Waals surface area contributed by atoms with E-state index in [-0.39, 0.29) is 0 Å². The Kier molecular flexibility index (Phi) is 4.18. The van der Waals surface area contributed by atoms with E-state index in [0.29, 0.717) is 6.04 Å². The van der Waals surface area contributed by atoms with Crippen LogP contribution < -0.4 is 10.5 Å². The summed E-state index contributed by atoms with van der Waals surface area (Å²) in [4.78, 5) is 2.50. The van der Waals surface area contributed by atoms with Crippen molar-refractivity contribution in [3.8, 4) is 5.75 Å². The highest BCUT2D eigenvalue weighted by Gasteiger charge is 2.18. The van der Waals surface area contributed by atoms with Crippen LogP contribution in [0.5, 0.6) is 5.75 Å². The second kappa shape index (κ2) is 5.65. The molecule has 0 radical (unpaired) electrons. The summed E-state index contributed by atoms with van der Waals surface area (Å²) >= 11 is 2.04. The van der Waals surface area contributed by atoms with Gasteiger partial charge in [0.1, 0.15) is 5.75 Å². The molecule has 4 heteroatoms. The van der Waals surface area contributed by atoms with Gasteiger partial charge in [-0.05, 0) is 24.6 Å². The molecule has 1 fully saturated rings. The molecule has 0 bridgehead atoms. The van der Waals surface area contributed by atoms with Crippen LogP contribution in [-0.2, 0) is 6.54 Å². The van der Waals surface area contributed by atoms with Crippen LogP contribution >= 0.6 is 11.8 Å². The molecule has 3 nitrogen and oxygen atoms in total. The first-order valence-electron chi connectivity index (χ1n) is 5.94. The average molecular weight is 252 g/mol. The van der Waals surface area contributed by atoms with Crippen molar-refractivity contribution < 1.29 is 4.74 Å². The highest BCUT2D eigenvalue weighted by molar-refractivity contribution is 7.99. The molecule has 94 valence electrons. The first-order valence-corrected chi connectivity index (χ1v) is 7.09. The molecule has 2 N–H and O–H groups in total. The minimum absolute atomic E-state index is 0.640. The van der Waals surface area contributed by atoms with E-state index in [4.69, 9.17) is 10.5 Å². The zero-order valence-electron chi connectivity index (χ0n) is 10.5. The minimum Gasteiger partial charge on any atom is -0.497 e. The number of methoxy groups -OCH3 is 1. The lowest BCUT2D eigenvalue weighted by Crippen LogP contribution is -2.39. The molecular formula is C13H20N2OS. The molecular weight excluding hydrogens is 232 g/mol. The average Bonchev–Trinajstić information content (AvgIpc) is 2.31. The third-order valence-corrected chi connectivity index (χ3v) is 4.30. The Bertz CT molecular complexity index is 384. The number of anilines is 1. The van der Waals surface area contributed by atoms with Gasteiger partial charge in [-0.25, -0.2) is 0 Å². The number of nitrogens with two attached hydrogens (primary N) is 1. The Morgan fingerprint density at radius 2 is 2.29 bits per heavy atom. The normalized spacial score (nSPS) is 21.4. The van der Waals surface area contributed by atoms with E-state index in [1.807, 2.05) is 23.9 Å². The smallest absolute Gasteiger partial charge is 0.121 e. The number of rotatable bonds is 3. The van der Waals surface area contributed by atoms with Crippen molar-refractivity contribution in [2.45, 2.75) is 19.5 Å². The molecule has 1 aliphatic rings. The number of hydrogen-bond acceptors (Lipinski definition) is 4. The molecule has 0 aliphatic carbocycles. The predicted octanol–water partition coefficient (Wildman–Crippen LogP) is 2.21. The van der Waals surface area contributed by atoms with Crippen molar-refractivity contribution in [3.63, 3.8) is 0 Å². The van der Waals surface area contributed by atoms with Gasteiger partial charge in [-0.2, -0.15) is 11.8 Å². The number of nitrogens with zero attached hydrogens (tertiary/aromatic N) is 1. The van der Waals surface area contributed by atoms with Crippen molar-refractivity contribution >= 4 is 17.4 Å². The molecule has 0 aromatic heterocycles. The molecule has 1 atom stereocenters. The van der Waals surface area contributed by atoms with Crippen LogP contribution in [0.3, 0.4) is 0 Å². The van der Waals surface area contributed by atoms with E-state index in [1.165, 1.54) is 17.1 Å². The van der Waals surface area contributed by atoms with Gasteiger partial charge in [0.05, 0.1) is 7.11 Å². The first kappa shape index (κ1) is 12.6. The third kappa shape index (κ3) is 3.30. The summed E-state index contributed by atoms with van der Waals surface area (Å²) in [6, 6.07) is 6.61. The van der Waals surface area contributed by atoms with Crippen LogP contribution in [0.1, 0.15) is 12.5 Å². The van der Waals surface area contributed by atoms with Gasteiger partial charge in [0.15, 0.2) is 0 Å². The summed E-state index contributed by atoms with van der Waals surface area (Å²) in [5, 5.41) is 0. The van der Waals surface area contributed by atoms with E-state index in [1.54, 1.807) is 7.11 Å². The van der Waals surface area contributed by atoms with Crippen molar-refractivity contribution in [2.24, 2.45) is 0 Å². The fourth-order valence-electron chi connectivity index (χ4n) is 2.13. The van der Waals surface area contributed by atoms with Crippen molar-refractivity contribution in [1.29, 1.82) is 0 Å². The van der Waals surface area contributed by atoms with Gasteiger partial charge in [-0.15, -0.1) is 0 Å². The maximum atomic E-state index is 5.87. The lowest BCUT2D eigenvalue weighted by Gasteiger charge is -2.33. The van der Waals surface area contributed by atoms with Gasteiger partial charge in [-0.3, -0.25) is 4.90 Å². The predicted molar refractivity (Wildman–Crippen MR) is 74.6 cm³/mol. The lowest BCUT2D eigenvalue weighted by molar-refractivity contribution is 0.223. The fourth-order valence-corrected chi connectivity index (χ4v) is 3.21. The van der Waals surface area contributed by atoms with Crippen molar-refractivity contribution in [1.82, 2.24) is 4.90 Å². The van der Waals surface area contributed by atoms with Crippen LogP contribution in [0.2, 0.25) is 0 Å². The second-order valence-corrected chi connectivity index (χ2v) is 5.66. The fraction of sp³-hybridized carbons (Fsp3) is 0.538. The Morgan fingerprint density at radius 1 is 1.47 bits per heavy atom. The van der Waals surface area contributed by atoms with E-state index in [2.05, 4.69) is 17.9 Å². The van der Waals surface area contributed by atoms with Crippen molar-refractivity contribution in [2.75, 3.05) is 30.9 Å². The largest absolute Gasteiger partial charge is 0.497 e. The van der Waals surface area contributed by atoms with Gasteiger partial charge in [0.25, 0.3) is 0 Å². The number of nitrogen functional groups attached to an aromatic ring is 1. The number of benzene rings is 1. The van der Waals surface area contributed by atoms with Gasteiger partial charge in [0, 0.05) is 42.4 Å². The summed E-state index contributed by atoms with van der Waals surface area (Å²) in [5.41, 5.74) is 7.89. The maximum absolute atomic E-state index is 5.87. The molecule has 2 rings (SSSR count). The van der Waals surface area contributed by atoms with E-state index in [9.17, 15) is 0 Å². The van der Waals surface area contributed by atoms with Crippen molar-refractivity contribution in [3.05, 3.63) is 23.8 Å². The standard InChI is InChI=1S/C13H20N2OS/c1-10-9-17-4-3-15(10)8-11-5-12(14)7-13(6-11)16-2/h5-7,10H,3-4,8-9,14H2,1-2H3. The lowest BCUT2D eigenvalue weighted by atomic mass is 10.1. The molecule has 1 aromatic carbocycles. The topological polar surface area (TPSA) is 38.5 Å². The summed E-state index contributed by atoms with van der Waals surface area (Å²) in [7, 11) is 1.68. The van der Waals surface area contributed by atoms with Gasteiger partial charge >= 0.3 is 0 Å². The first-order chi connectivity index (χ1) is 8.19. The van der Waals surface area contributed by atoms with Crippen LogP contribution in [0.15, 0.2) is 18.2 Å². The maximum Gasteiger partial charge on any atom is 0.121 e. The molecule has 1 unspecified atom stereocenters. The molecule has 1 heterocycles. The summed E-state index contributed by atoms with van der Waals surface area (Å²) < 4.78 is 5.25. The Balaban J connectivity index is 2.09. The quantitative estimate of drug-likeness (QED) is 0.837.